The third-order valence-electron chi connectivity index (χ3n) is 6.75. The first kappa shape index (κ1) is 24.3. The molecule has 5 rings (SSSR count). The highest BCUT2D eigenvalue weighted by Gasteiger charge is 2.42. The van der Waals surface area contributed by atoms with Crippen LogP contribution in [-0.2, 0) is 0 Å². The van der Waals surface area contributed by atoms with Crippen LogP contribution in [0.5, 0.6) is 5.75 Å². The number of methoxy groups -OCH3 is 1. The summed E-state index contributed by atoms with van der Waals surface area (Å²) in [6.07, 6.45) is 1.83. The number of aryl methyl sites for hydroxylation is 3. The number of hydrogen-bond donors (Lipinski definition) is 1. The lowest BCUT2D eigenvalue weighted by Crippen LogP contribution is -2.29. The number of nitrogens with one attached hydrogen (secondary N) is 1. The van der Waals surface area contributed by atoms with E-state index < -0.39 is 0 Å². The Morgan fingerprint density at radius 3 is 2.39 bits per heavy atom. The Morgan fingerprint density at radius 2 is 1.72 bits per heavy atom. The van der Waals surface area contributed by atoms with Crippen molar-refractivity contribution in [3.63, 3.8) is 0 Å². The fraction of sp³-hybridized carbons (Fsp3) is 0.241. The van der Waals surface area contributed by atoms with E-state index in [4.69, 9.17) is 33.5 Å². The van der Waals surface area contributed by atoms with E-state index in [1.807, 2.05) is 36.5 Å². The van der Waals surface area contributed by atoms with E-state index >= 15 is 0 Å². The highest BCUT2D eigenvalue weighted by molar-refractivity contribution is 7.80. The molecular weight excluding hydrogens is 488 g/mol. The number of hydrogen-bond acceptors (Lipinski definition) is 3. The molecule has 0 aliphatic carbocycles. The molecule has 36 heavy (non-hydrogen) atoms. The van der Waals surface area contributed by atoms with E-state index in [0.717, 1.165) is 39.8 Å². The summed E-state index contributed by atoms with van der Waals surface area (Å²) in [6.45, 7) is 8.48. The number of aromatic nitrogens is 2. The van der Waals surface area contributed by atoms with Crippen LogP contribution in [0, 0.1) is 27.7 Å². The van der Waals surface area contributed by atoms with Gasteiger partial charge in [-0.2, -0.15) is 0 Å². The maximum absolute atomic E-state index is 6.40. The van der Waals surface area contributed by atoms with Gasteiger partial charge in [0, 0.05) is 28.3 Å². The fourth-order valence-corrected chi connectivity index (χ4v) is 5.85. The quantitative estimate of drug-likeness (QED) is 0.291. The van der Waals surface area contributed by atoms with Crippen molar-refractivity contribution in [1.82, 2.24) is 14.9 Å². The van der Waals surface area contributed by atoms with Gasteiger partial charge in [-0.3, -0.25) is 4.98 Å². The molecule has 2 aromatic carbocycles. The summed E-state index contributed by atoms with van der Waals surface area (Å²) < 4.78 is 7.90. The average Bonchev–Trinajstić information content (AvgIpc) is 3.34. The Morgan fingerprint density at radius 1 is 0.972 bits per heavy atom. The molecular formula is C29H29ClN4OS. The van der Waals surface area contributed by atoms with Crippen molar-refractivity contribution in [2.45, 2.75) is 39.8 Å². The summed E-state index contributed by atoms with van der Waals surface area (Å²) in [5, 5.41) is 4.92. The topological polar surface area (TPSA) is 42.3 Å². The van der Waals surface area contributed by atoms with Gasteiger partial charge in [-0.05, 0) is 105 Å². The smallest absolute Gasteiger partial charge is 0.174 e. The molecule has 1 fully saturated rings. The highest BCUT2D eigenvalue weighted by atomic mass is 35.5. The Bertz CT molecular complexity index is 1430. The van der Waals surface area contributed by atoms with Crippen molar-refractivity contribution in [1.29, 1.82) is 0 Å². The first-order chi connectivity index (χ1) is 17.3. The molecule has 0 spiro atoms. The minimum Gasteiger partial charge on any atom is -0.495 e. The second-order valence-corrected chi connectivity index (χ2v) is 10.1. The maximum Gasteiger partial charge on any atom is 0.174 e. The van der Waals surface area contributed by atoms with Crippen molar-refractivity contribution >= 4 is 34.6 Å². The van der Waals surface area contributed by atoms with Gasteiger partial charge in [0.05, 0.1) is 30.6 Å². The predicted molar refractivity (Wildman–Crippen MR) is 151 cm³/mol. The van der Waals surface area contributed by atoms with Gasteiger partial charge in [0.2, 0.25) is 0 Å². The van der Waals surface area contributed by atoms with E-state index in [1.165, 1.54) is 11.1 Å². The molecule has 0 bridgehead atoms. The molecule has 3 heterocycles. The van der Waals surface area contributed by atoms with Gasteiger partial charge >= 0.3 is 0 Å². The fourth-order valence-electron chi connectivity index (χ4n) is 5.33. The summed E-state index contributed by atoms with van der Waals surface area (Å²) in [6, 6.07) is 20.3. The summed E-state index contributed by atoms with van der Waals surface area (Å²) >= 11 is 12.3. The number of pyridine rings is 1. The van der Waals surface area contributed by atoms with Crippen LogP contribution in [-0.4, -0.2) is 21.8 Å². The van der Waals surface area contributed by atoms with Crippen molar-refractivity contribution in [3.8, 4) is 11.4 Å². The van der Waals surface area contributed by atoms with Gasteiger partial charge in [0.15, 0.2) is 5.11 Å². The zero-order chi connectivity index (χ0) is 25.6. The molecule has 4 aromatic rings. The second-order valence-electron chi connectivity index (χ2n) is 9.32. The molecule has 7 heteroatoms. The first-order valence-electron chi connectivity index (χ1n) is 11.9. The number of rotatable bonds is 5. The average molecular weight is 517 g/mol. The second kappa shape index (κ2) is 9.60. The van der Waals surface area contributed by atoms with Crippen LogP contribution in [0.4, 0.5) is 5.69 Å². The van der Waals surface area contributed by atoms with Crippen LogP contribution < -0.4 is 15.0 Å². The molecule has 0 unspecified atom stereocenters. The number of anilines is 1. The minimum absolute atomic E-state index is 0.0984. The number of halogens is 1. The molecule has 2 atom stereocenters. The van der Waals surface area contributed by atoms with E-state index in [1.54, 1.807) is 7.11 Å². The van der Waals surface area contributed by atoms with E-state index in [-0.39, 0.29) is 12.1 Å². The van der Waals surface area contributed by atoms with Crippen molar-refractivity contribution in [2.24, 2.45) is 0 Å². The van der Waals surface area contributed by atoms with Gasteiger partial charge in [0.1, 0.15) is 5.75 Å². The molecule has 1 saturated heterocycles. The number of ether oxygens (including phenoxy) is 1. The molecule has 2 aromatic heterocycles. The molecule has 1 N–H and O–H groups in total. The van der Waals surface area contributed by atoms with Gasteiger partial charge in [-0.15, -0.1) is 0 Å². The van der Waals surface area contributed by atoms with Gasteiger partial charge in [-0.25, -0.2) is 0 Å². The maximum atomic E-state index is 6.40. The SMILES string of the molecule is COc1ccc(Cl)cc1-n1c(C)cc([C@@H]2[C@@H](c3ccccn3)NC(=S)N2c2cc(C)cc(C)c2)c1C. The van der Waals surface area contributed by atoms with Crippen LogP contribution in [0.15, 0.2) is 66.9 Å². The van der Waals surface area contributed by atoms with Crippen LogP contribution in [0.1, 0.15) is 45.9 Å². The van der Waals surface area contributed by atoms with Crippen molar-refractivity contribution in [2.75, 3.05) is 12.0 Å². The lowest BCUT2D eigenvalue weighted by Gasteiger charge is -2.29. The van der Waals surface area contributed by atoms with Crippen LogP contribution in [0.25, 0.3) is 5.69 Å². The third-order valence-corrected chi connectivity index (χ3v) is 7.30. The van der Waals surface area contributed by atoms with Crippen molar-refractivity contribution in [3.05, 3.63) is 106 Å². The highest BCUT2D eigenvalue weighted by Crippen LogP contribution is 2.44. The molecule has 184 valence electrons. The summed E-state index contributed by atoms with van der Waals surface area (Å²) in [7, 11) is 1.68. The molecule has 5 nitrogen and oxygen atoms in total. The molecule has 0 saturated carbocycles. The Hall–Kier alpha value is -3.35. The van der Waals surface area contributed by atoms with Crippen LogP contribution in [0.2, 0.25) is 5.02 Å². The van der Waals surface area contributed by atoms with Crippen molar-refractivity contribution < 1.29 is 4.74 Å². The lowest BCUT2D eigenvalue weighted by molar-refractivity contribution is 0.412. The van der Waals surface area contributed by atoms with E-state index in [0.29, 0.717) is 10.1 Å². The zero-order valence-electron chi connectivity index (χ0n) is 21.0. The van der Waals surface area contributed by atoms with Gasteiger partial charge in [-0.1, -0.05) is 23.7 Å². The standard InChI is InChI=1S/C29H29ClN4OS/c1-17-12-18(2)14-22(13-17)34-28(27(32-29(34)36)24-8-6-7-11-31-24)23-15-19(3)33(20(23)4)25-16-21(30)9-10-26(25)35-5/h6-16,27-28H,1-5H3,(H,32,36)/t27-,28-/m1/s1. The number of benzene rings is 2. The molecule has 1 aliphatic heterocycles. The monoisotopic (exact) mass is 516 g/mol. The number of thiocarbonyl (C=S) groups is 1. The van der Waals surface area contributed by atoms with Crippen LogP contribution in [0.3, 0.4) is 0 Å². The van der Waals surface area contributed by atoms with E-state index in [9.17, 15) is 0 Å². The van der Waals surface area contributed by atoms with Gasteiger partial charge in [0.25, 0.3) is 0 Å². The lowest BCUT2D eigenvalue weighted by atomic mass is 9.96. The Balaban J connectivity index is 1.72. The molecule has 1 aliphatic rings. The van der Waals surface area contributed by atoms with E-state index in [2.05, 4.69) is 72.8 Å². The molecule has 0 radical (unpaired) electrons. The summed E-state index contributed by atoms with van der Waals surface area (Å²) in [5.74, 6) is 0.764. The van der Waals surface area contributed by atoms with Gasteiger partial charge < -0.3 is 19.5 Å². The molecule has 0 amide bonds. The normalized spacial score (nSPS) is 17.4. The minimum atomic E-state index is -0.116. The Labute approximate surface area is 222 Å². The summed E-state index contributed by atoms with van der Waals surface area (Å²) in [5.41, 5.74) is 8.66. The third kappa shape index (κ3) is 4.25. The predicted octanol–water partition coefficient (Wildman–Crippen LogP) is 6.95. The summed E-state index contributed by atoms with van der Waals surface area (Å²) in [4.78, 5) is 6.93. The number of nitrogens with zero attached hydrogens (tertiary/aromatic N) is 3. The first-order valence-corrected chi connectivity index (χ1v) is 12.7. The largest absolute Gasteiger partial charge is 0.495 e. The Kier molecular flexibility index (Phi) is 6.49. The zero-order valence-corrected chi connectivity index (χ0v) is 22.6. The van der Waals surface area contributed by atoms with Crippen LogP contribution >= 0.6 is 23.8 Å².